The molecule has 0 heterocycles. The van der Waals surface area contributed by atoms with Crippen LogP contribution in [0.3, 0.4) is 0 Å². The predicted molar refractivity (Wildman–Crippen MR) is 85.6 cm³/mol. The topological polar surface area (TPSA) is 0 Å². The van der Waals surface area contributed by atoms with Gasteiger partial charge in [0.05, 0.1) is 0 Å². The zero-order valence-electron chi connectivity index (χ0n) is 9.50. The molecule has 0 aliphatic carbocycles. The van der Waals surface area contributed by atoms with E-state index in [2.05, 4.69) is 22.0 Å². The number of benzene rings is 2. The van der Waals surface area contributed by atoms with Gasteiger partial charge in [-0.15, -0.1) is 0 Å². The molecule has 2 aromatic rings. The summed E-state index contributed by atoms with van der Waals surface area (Å²) in [6, 6.07) is 13.9. The summed E-state index contributed by atoms with van der Waals surface area (Å²) >= 11 is 17.5. The summed E-state index contributed by atoms with van der Waals surface area (Å²) in [5.74, 6) is 1.78. The van der Waals surface area contributed by atoms with Gasteiger partial charge in [-0.2, -0.15) is 11.8 Å². The van der Waals surface area contributed by atoms with E-state index in [0.717, 1.165) is 37.2 Å². The van der Waals surface area contributed by atoms with Gasteiger partial charge in [-0.1, -0.05) is 63.4 Å². The summed E-state index contributed by atoms with van der Waals surface area (Å²) in [5, 5.41) is 1.63. The lowest BCUT2D eigenvalue weighted by molar-refractivity contribution is 1.36. The maximum atomic E-state index is 6.17. The maximum Gasteiger partial charge on any atom is 0.0457 e. The lowest BCUT2D eigenvalue weighted by Crippen LogP contribution is -1.86. The Labute approximate surface area is 130 Å². The van der Waals surface area contributed by atoms with E-state index >= 15 is 0 Å². The summed E-state index contributed by atoms with van der Waals surface area (Å²) in [7, 11) is 0. The molecule has 0 amide bonds. The highest BCUT2D eigenvalue weighted by Crippen LogP contribution is 2.28. The minimum Gasteiger partial charge on any atom is -0.152 e. The van der Waals surface area contributed by atoms with E-state index in [1.807, 2.05) is 48.2 Å². The Balaban J connectivity index is 1.95. The minimum atomic E-state index is 0.802. The van der Waals surface area contributed by atoms with Gasteiger partial charge in [-0.3, -0.25) is 0 Å². The molecule has 2 rings (SSSR count). The van der Waals surface area contributed by atoms with Gasteiger partial charge in [0.2, 0.25) is 0 Å². The number of rotatable bonds is 4. The Morgan fingerprint density at radius 2 is 1.56 bits per heavy atom. The summed E-state index contributed by atoms with van der Waals surface area (Å²) < 4.78 is 1.01. The van der Waals surface area contributed by atoms with Gasteiger partial charge in [-0.05, 0) is 29.3 Å². The fourth-order valence-electron chi connectivity index (χ4n) is 1.53. The van der Waals surface area contributed by atoms with Crippen LogP contribution >= 0.6 is 50.9 Å². The van der Waals surface area contributed by atoms with Crippen molar-refractivity contribution in [3.63, 3.8) is 0 Å². The quantitative estimate of drug-likeness (QED) is 0.625. The highest BCUT2D eigenvalue weighted by Gasteiger charge is 2.03. The van der Waals surface area contributed by atoms with Gasteiger partial charge < -0.3 is 0 Å². The van der Waals surface area contributed by atoms with Crippen molar-refractivity contribution in [2.75, 3.05) is 0 Å². The molecular weight excluding hydrogens is 351 g/mol. The van der Waals surface area contributed by atoms with Crippen LogP contribution in [0.4, 0.5) is 0 Å². The van der Waals surface area contributed by atoms with Crippen LogP contribution in [0, 0.1) is 0 Å². The summed E-state index contributed by atoms with van der Waals surface area (Å²) in [6.07, 6.45) is 0. The zero-order valence-corrected chi connectivity index (χ0v) is 13.4. The molecule has 0 aliphatic heterocycles. The van der Waals surface area contributed by atoms with Crippen molar-refractivity contribution >= 4 is 50.9 Å². The van der Waals surface area contributed by atoms with E-state index in [0.29, 0.717) is 0 Å². The molecule has 0 aliphatic rings. The number of hydrogen-bond donors (Lipinski definition) is 0. The summed E-state index contributed by atoms with van der Waals surface area (Å²) in [4.78, 5) is 0. The van der Waals surface area contributed by atoms with Crippen molar-refractivity contribution in [1.82, 2.24) is 0 Å². The molecule has 0 saturated carbocycles. The molecule has 0 unspecified atom stereocenters. The highest BCUT2D eigenvalue weighted by molar-refractivity contribution is 9.10. The van der Waals surface area contributed by atoms with E-state index < -0.39 is 0 Å². The number of hydrogen-bond acceptors (Lipinski definition) is 1. The highest BCUT2D eigenvalue weighted by atomic mass is 79.9. The number of halogens is 3. The second-order valence-corrected chi connectivity index (χ2v) is 6.54. The van der Waals surface area contributed by atoms with Crippen molar-refractivity contribution in [2.45, 2.75) is 11.5 Å². The standard InChI is InChI=1S/C14H11BrCl2S/c15-12-6-5-11(14(17)7-12)9-18-8-10-3-1-2-4-13(10)16/h1-7H,8-9H2. The fourth-order valence-corrected chi connectivity index (χ4v) is 3.67. The second kappa shape index (κ2) is 6.85. The first-order valence-electron chi connectivity index (χ1n) is 5.42. The monoisotopic (exact) mass is 360 g/mol. The first-order chi connectivity index (χ1) is 8.66. The van der Waals surface area contributed by atoms with Crippen molar-refractivity contribution in [3.8, 4) is 0 Å². The Bertz CT molecular complexity index is 543. The smallest absolute Gasteiger partial charge is 0.0457 e. The predicted octanol–water partition coefficient (Wildman–Crippen LogP) is 6.19. The Morgan fingerprint density at radius 1 is 0.889 bits per heavy atom. The number of thioether (sulfide) groups is 1. The molecule has 0 spiro atoms. The normalized spacial score (nSPS) is 10.6. The summed E-state index contributed by atoms with van der Waals surface area (Å²) in [5.41, 5.74) is 2.31. The Morgan fingerprint density at radius 3 is 2.22 bits per heavy atom. The third-order valence-corrected chi connectivity index (χ3v) is 4.73. The fraction of sp³-hybridized carbons (Fsp3) is 0.143. The molecule has 0 N–H and O–H groups in total. The molecule has 0 fully saturated rings. The molecular formula is C14H11BrCl2S. The van der Waals surface area contributed by atoms with Gasteiger partial charge in [0.15, 0.2) is 0 Å². The Hall–Kier alpha value is -0.150. The second-order valence-electron chi connectivity index (χ2n) is 3.82. The van der Waals surface area contributed by atoms with E-state index in [1.54, 1.807) is 0 Å². The molecule has 94 valence electrons. The molecule has 0 nitrogen and oxygen atoms in total. The van der Waals surface area contributed by atoms with Crippen LogP contribution in [0.15, 0.2) is 46.9 Å². The SMILES string of the molecule is Clc1ccccc1CSCc1ccc(Br)cc1Cl. The van der Waals surface area contributed by atoms with E-state index in [9.17, 15) is 0 Å². The van der Waals surface area contributed by atoms with Crippen LogP contribution in [-0.2, 0) is 11.5 Å². The molecule has 2 aromatic carbocycles. The molecule has 4 heteroatoms. The van der Waals surface area contributed by atoms with Crippen molar-refractivity contribution in [2.24, 2.45) is 0 Å². The van der Waals surface area contributed by atoms with Crippen molar-refractivity contribution < 1.29 is 0 Å². The van der Waals surface area contributed by atoms with Crippen LogP contribution in [-0.4, -0.2) is 0 Å². The zero-order chi connectivity index (χ0) is 13.0. The third kappa shape index (κ3) is 3.92. The molecule has 0 saturated heterocycles. The van der Waals surface area contributed by atoms with E-state index in [1.165, 1.54) is 0 Å². The maximum absolute atomic E-state index is 6.17. The first-order valence-corrected chi connectivity index (χ1v) is 8.12. The van der Waals surface area contributed by atoms with Gasteiger partial charge in [0, 0.05) is 26.0 Å². The van der Waals surface area contributed by atoms with Gasteiger partial charge in [0.1, 0.15) is 0 Å². The van der Waals surface area contributed by atoms with Gasteiger partial charge >= 0.3 is 0 Å². The third-order valence-electron chi connectivity index (χ3n) is 2.49. The Kier molecular flexibility index (Phi) is 5.43. The lowest BCUT2D eigenvalue weighted by atomic mass is 10.2. The molecule has 0 bridgehead atoms. The molecule has 0 atom stereocenters. The molecule has 0 radical (unpaired) electrons. The molecule has 0 aromatic heterocycles. The first kappa shape index (κ1) is 14.3. The lowest BCUT2D eigenvalue weighted by Gasteiger charge is -2.06. The minimum absolute atomic E-state index is 0.802. The molecule has 18 heavy (non-hydrogen) atoms. The van der Waals surface area contributed by atoms with Crippen molar-refractivity contribution in [1.29, 1.82) is 0 Å². The average Bonchev–Trinajstić information content (AvgIpc) is 2.34. The van der Waals surface area contributed by atoms with Gasteiger partial charge in [-0.25, -0.2) is 0 Å². The van der Waals surface area contributed by atoms with Crippen LogP contribution < -0.4 is 0 Å². The van der Waals surface area contributed by atoms with Crippen molar-refractivity contribution in [3.05, 3.63) is 68.1 Å². The summed E-state index contributed by atoms with van der Waals surface area (Å²) in [6.45, 7) is 0. The average molecular weight is 362 g/mol. The van der Waals surface area contributed by atoms with Crippen LogP contribution in [0.25, 0.3) is 0 Å². The van der Waals surface area contributed by atoms with Crippen LogP contribution in [0.5, 0.6) is 0 Å². The van der Waals surface area contributed by atoms with Gasteiger partial charge in [0.25, 0.3) is 0 Å². The van der Waals surface area contributed by atoms with E-state index in [-0.39, 0.29) is 0 Å². The largest absolute Gasteiger partial charge is 0.152 e. The van der Waals surface area contributed by atoms with E-state index in [4.69, 9.17) is 23.2 Å². The van der Waals surface area contributed by atoms with Crippen LogP contribution in [0.2, 0.25) is 10.0 Å². The van der Waals surface area contributed by atoms with Crippen LogP contribution in [0.1, 0.15) is 11.1 Å².